The van der Waals surface area contributed by atoms with E-state index in [4.69, 9.17) is 59.4 Å². The van der Waals surface area contributed by atoms with Crippen molar-refractivity contribution in [3.8, 4) is 0 Å². The van der Waals surface area contributed by atoms with Gasteiger partial charge in [0.1, 0.15) is 0 Å². The Balaban J connectivity index is -0.0000000144. The normalized spacial score (nSPS) is 5.17. The van der Waals surface area contributed by atoms with Gasteiger partial charge in [0.15, 0.2) is 0 Å². The fraction of sp³-hybridized carbons (Fsp3) is 0.500. The van der Waals surface area contributed by atoms with Crippen molar-refractivity contribution in [2.45, 2.75) is 41.5 Å². The van der Waals surface area contributed by atoms with E-state index in [9.17, 15) is 0 Å². The zero-order valence-electron chi connectivity index (χ0n) is 16.4. The van der Waals surface area contributed by atoms with Crippen molar-refractivity contribution in [1.82, 2.24) is 0 Å². The molecule has 170 valence electrons. The van der Waals surface area contributed by atoms with Crippen molar-refractivity contribution < 1.29 is 159 Å². The van der Waals surface area contributed by atoms with Gasteiger partial charge in [-0.2, -0.15) is 0 Å². The zero-order chi connectivity index (χ0) is 21.5. The maximum Gasteiger partial charge on any atom is 3.00 e. The van der Waals surface area contributed by atoms with E-state index >= 15 is 0 Å². The summed E-state index contributed by atoms with van der Waals surface area (Å²) in [5.74, 6) is -6.50. The monoisotopic (exact) mass is 688 g/mol. The van der Waals surface area contributed by atoms with Gasteiger partial charge in [0.25, 0.3) is 0 Å². The van der Waals surface area contributed by atoms with E-state index in [2.05, 4.69) is 0 Å². The molecule has 0 rings (SSSR count). The molecule has 0 bridgehead atoms. The summed E-state index contributed by atoms with van der Waals surface area (Å²) >= 11 is 0. The first-order chi connectivity index (χ1) is 10.4. The molecule has 15 nitrogen and oxygen atoms in total. The first-order valence-electron chi connectivity index (χ1n) is 5.45. The average molecular weight is 689 g/mol. The molecule has 0 aromatic carbocycles. The predicted molar refractivity (Wildman–Crippen MR) is 74.9 cm³/mol. The van der Waals surface area contributed by atoms with Gasteiger partial charge in [-0.15, -0.1) is 0 Å². The fourth-order valence-electron chi connectivity index (χ4n) is 0. The summed E-state index contributed by atoms with van der Waals surface area (Å²) in [4.78, 5) is 53.3. The van der Waals surface area contributed by atoms with Crippen molar-refractivity contribution in [2.24, 2.45) is 0 Å². The van der Waals surface area contributed by atoms with Gasteiger partial charge < -0.3 is 75.8 Å². The summed E-state index contributed by atoms with van der Waals surface area (Å²) in [7, 11) is 0. The van der Waals surface area contributed by atoms with Crippen LogP contribution in [0.1, 0.15) is 41.5 Å². The number of carboxylic acids is 6. The van der Waals surface area contributed by atoms with Crippen LogP contribution in [0.4, 0.5) is 0 Å². The van der Waals surface area contributed by atoms with Crippen molar-refractivity contribution in [1.29, 1.82) is 0 Å². The molecule has 0 spiro atoms. The molecule has 0 amide bonds. The second kappa shape index (κ2) is 63.1. The molecule has 0 saturated carbocycles. The number of hydrogen-bond donors (Lipinski definition) is 0. The summed E-state index contributed by atoms with van der Waals surface area (Å²) in [6.45, 7) is 5.83. The molecule has 29 heavy (non-hydrogen) atoms. The number of carbonyl (C=O) groups excluding carboxylic acids is 6. The van der Waals surface area contributed by atoms with Gasteiger partial charge in [0.05, 0.1) is 0 Å². The third-order valence-corrected chi connectivity index (χ3v) is 0. The largest absolute Gasteiger partial charge is 3.00 e. The van der Waals surface area contributed by atoms with Crippen LogP contribution in [0, 0.1) is 83.5 Å². The minimum atomic E-state index is -1.08. The minimum Gasteiger partial charge on any atom is -0.550 e. The summed E-state index contributed by atoms with van der Waals surface area (Å²) < 4.78 is 0. The Morgan fingerprint density at radius 2 is 0.345 bits per heavy atom. The van der Waals surface area contributed by atoms with Gasteiger partial charge in [0.2, 0.25) is 0 Å². The third-order valence-electron chi connectivity index (χ3n) is 0. The van der Waals surface area contributed by atoms with Crippen LogP contribution in [0.5, 0.6) is 0 Å². The first kappa shape index (κ1) is 70.4. The molecule has 0 aromatic heterocycles. The molecule has 0 aromatic rings. The molecule has 0 unspecified atom stereocenters. The molecule has 0 fully saturated rings. The van der Waals surface area contributed by atoms with Crippen LogP contribution in [-0.2, 0) is 28.8 Å². The van der Waals surface area contributed by atoms with Crippen molar-refractivity contribution in [2.75, 3.05) is 0 Å². The molecular weight excluding hydrogens is 664 g/mol. The number of hydrogen-bond acceptors (Lipinski definition) is 12. The molecule has 6 N–H and O–H groups in total. The SMILES string of the molecule is CC(=O)[O-].CC(=O)[O-].CC(=O)[O-].CC(=O)[O-].CC(=O)[O-].CC(=O)[O-].O.O.O.[Ce+3].[Ce+3]. The topological polar surface area (TPSA) is 335 Å². The second-order valence-corrected chi connectivity index (χ2v) is 2.95. The number of carboxylic acid groups (broad SMARTS) is 6. The van der Waals surface area contributed by atoms with Gasteiger partial charge >= 0.3 is 83.5 Å². The van der Waals surface area contributed by atoms with Gasteiger partial charge in [-0.3, -0.25) is 0 Å². The fourth-order valence-corrected chi connectivity index (χ4v) is 0. The summed E-state index contributed by atoms with van der Waals surface area (Å²) in [6.07, 6.45) is 0. The quantitative estimate of drug-likeness (QED) is 0.229. The summed E-state index contributed by atoms with van der Waals surface area (Å²) in [6, 6.07) is 0. The van der Waals surface area contributed by atoms with E-state index in [1.807, 2.05) is 0 Å². The third kappa shape index (κ3) is 59500. The molecule has 17 heteroatoms. The summed E-state index contributed by atoms with van der Waals surface area (Å²) in [5, 5.41) is 53.3. The van der Waals surface area contributed by atoms with E-state index in [0.717, 1.165) is 41.5 Å². The van der Waals surface area contributed by atoms with Crippen LogP contribution in [-0.4, -0.2) is 52.2 Å². The van der Waals surface area contributed by atoms with E-state index < -0.39 is 35.8 Å². The van der Waals surface area contributed by atoms with E-state index in [0.29, 0.717) is 0 Å². The van der Waals surface area contributed by atoms with Crippen molar-refractivity contribution >= 4 is 35.8 Å². The van der Waals surface area contributed by atoms with Gasteiger partial charge in [0, 0.05) is 35.8 Å². The van der Waals surface area contributed by atoms with Crippen LogP contribution in [0.25, 0.3) is 0 Å². The first-order valence-corrected chi connectivity index (χ1v) is 5.45. The van der Waals surface area contributed by atoms with Crippen LogP contribution in [0.15, 0.2) is 0 Å². The van der Waals surface area contributed by atoms with Gasteiger partial charge in [-0.1, -0.05) is 0 Å². The molecular formula is C12H24Ce2O15. The van der Waals surface area contributed by atoms with Gasteiger partial charge in [-0.25, -0.2) is 0 Å². The number of rotatable bonds is 0. The molecule has 0 saturated heterocycles. The molecule has 0 aliphatic heterocycles. The average Bonchev–Trinajstić information content (AvgIpc) is 2.08. The van der Waals surface area contributed by atoms with E-state index in [1.165, 1.54) is 0 Å². The molecule has 2 radical (unpaired) electrons. The Morgan fingerprint density at radius 1 is 0.345 bits per heavy atom. The summed E-state index contributed by atoms with van der Waals surface area (Å²) in [5.41, 5.74) is 0. The van der Waals surface area contributed by atoms with E-state index in [-0.39, 0.29) is 99.9 Å². The molecule has 0 aliphatic rings. The Bertz CT molecular complexity index is 268. The van der Waals surface area contributed by atoms with Crippen LogP contribution < -0.4 is 30.6 Å². The van der Waals surface area contributed by atoms with Crippen LogP contribution in [0.2, 0.25) is 0 Å². The standard InChI is InChI=1S/6C2H4O2.2Ce.3H2O/c6*1-2(3)4;;;;;/h6*1H3,(H,3,4);;;3*1H2/q;;;;;;2*+3;;;/p-6. The van der Waals surface area contributed by atoms with Crippen molar-refractivity contribution in [3.05, 3.63) is 0 Å². The Labute approximate surface area is 234 Å². The number of carbonyl (C=O) groups is 6. The second-order valence-electron chi connectivity index (χ2n) is 2.95. The zero-order valence-corrected chi connectivity index (χ0v) is 22.7. The predicted octanol–water partition coefficient (Wildman–Crippen LogP) is -9.94. The molecule has 0 heterocycles. The van der Waals surface area contributed by atoms with Crippen LogP contribution >= 0.6 is 0 Å². The maximum absolute atomic E-state index is 8.89. The Kier molecular flexibility index (Phi) is 153. The smallest absolute Gasteiger partial charge is 0.550 e. The molecule has 0 aliphatic carbocycles. The van der Waals surface area contributed by atoms with Crippen LogP contribution in [0.3, 0.4) is 0 Å². The molecule has 0 atom stereocenters. The Hall–Kier alpha value is -0.547. The van der Waals surface area contributed by atoms with Crippen molar-refractivity contribution in [3.63, 3.8) is 0 Å². The maximum atomic E-state index is 8.89. The van der Waals surface area contributed by atoms with E-state index in [1.54, 1.807) is 0 Å². The van der Waals surface area contributed by atoms with Gasteiger partial charge in [-0.05, 0) is 41.5 Å². The number of aliphatic carboxylic acids is 6. The minimum absolute atomic E-state index is 0. The Morgan fingerprint density at radius 3 is 0.345 bits per heavy atom.